The third kappa shape index (κ3) is 7.40. The van der Waals surface area contributed by atoms with Crippen LogP contribution in [0.15, 0.2) is 48.5 Å². The second-order valence-electron chi connectivity index (χ2n) is 7.13. The van der Waals surface area contributed by atoms with Crippen LogP contribution >= 0.6 is 0 Å². The molecular weight excluding hydrogens is 344 g/mol. The second kappa shape index (κ2) is 9.07. The molecule has 0 saturated carbocycles. The van der Waals surface area contributed by atoms with Gasteiger partial charge in [-0.3, -0.25) is 10.1 Å². The molecule has 144 valence electrons. The van der Waals surface area contributed by atoms with Crippen molar-refractivity contribution in [1.29, 1.82) is 0 Å². The number of rotatable bonds is 6. The van der Waals surface area contributed by atoms with E-state index in [2.05, 4.69) is 10.6 Å². The van der Waals surface area contributed by atoms with Crippen molar-refractivity contribution in [2.24, 2.45) is 0 Å². The third-order valence-electron chi connectivity index (χ3n) is 3.45. The lowest BCUT2D eigenvalue weighted by molar-refractivity contribution is 0.0635. The number of benzene rings is 2. The lowest BCUT2D eigenvalue weighted by atomic mass is 10.1. The van der Waals surface area contributed by atoms with E-state index in [9.17, 15) is 9.59 Å². The van der Waals surface area contributed by atoms with Crippen molar-refractivity contribution < 1.29 is 19.1 Å². The summed E-state index contributed by atoms with van der Waals surface area (Å²) in [5.41, 5.74) is 1.73. The third-order valence-corrected chi connectivity index (χ3v) is 3.45. The van der Waals surface area contributed by atoms with Crippen LogP contribution in [-0.2, 0) is 4.74 Å². The Hall–Kier alpha value is -3.02. The molecule has 0 atom stereocenters. The zero-order valence-corrected chi connectivity index (χ0v) is 16.2. The first kappa shape index (κ1) is 20.3. The van der Waals surface area contributed by atoms with Crippen LogP contribution < -0.4 is 15.4 Å². The SMILES string of the molecule is Cc1ccc(C(=O)NCCOc2cccc(NC(=O)OC(C)(C)C)c2)cc1. The number of carbonyl (C=O) groups is 2. The number of aryl methyl sites for hydroxylation is 1. The quantitative estimate of drug-likeness (QED) is 0.749. The van der Waals surface area contributed by atoms with Gasteiger partial charge in [0.25, 0.3) is 5.91 Å². The number of carbonyl (C=O) groups excluding carboxylic acids is 2. The van der Waals surface area contributed by atoms with Gasteiger partial charge < -0.3 is 14.8 Å². The van der Waals surface area contributed by atoms with Crippen LogP contribution in [0.2, 0.25) is 0 Å². The summed E-state index contributed by atoms with van der Waals surface area (Å²) in [4.78, 5) is 23.8. The van der Waals surface area contributed by atoms with E-state index in [0.717, 1.165) is 5.56 Å². The number of anilines is 1. The molecule has 0 spiro atoms. The maximum Gasteiger partial charge on any atom is 0.412 e. The maximum atomic E-state index is 12.0. The van der Waals surface area contributed by atoms with Gasteiger partial charge in [-0.25, -0.2) is 4.79 Å². The van der Waals surface area contributed by atoms with Crippen LogP contribution in [0.1, 0.15) is 36.7 Å². The topological polar surface area (TPSA) is 76.7 Å². The summed E-state index contributed by atoms with van der Waals surface area (Å²) in [6.45, 7) is 8.07. The Balaban J connectivity index is 1.78. The molecule has 6 nitrogen and oxygen atoms in total. The maximum absolute atomic E-state index is 12.0. The Bertz CT molecular complexity index is 780. The summed E-state index contributed by atoms with van der Waals surface area (Å²) in [5.74, 6) is 0.451. The van der Waals surface area contributed by atoms with Crippen molar-refractivity contribution in [1.82, 2.24) is 5.32 Å². The fraction of sp³-hybridized carbons (Fsp3) is 0.333. The average Bonchev–Trinajstić information content (AvgIpc) is 2.58. The van der Waals surface area contributed by atoms with Gasteiger partial charge in [-0.2, -0.15) is 0 Å². The van der Waals surface area contributed by atoms with Crippen LogP contribution in [0.3, 0.4) is 0 Å². The van der Waals surface area contributed by atoms with Gasteiger partial charge in [0.05, 0.1) is 6.54 Å². The molecule has 0 aliphatic carbocycles. The van der Waals surface area contributed by atoms with E-state index in [0.29, 0.717) is 30.2 Å². The van der Waals surface area contributed by atoms with E-state index in [4.69, 9.17) is 9.47 Å². The van der Waals surface area contributed by atoms with Crippen LogP contribution in [0.25, 0.3) is 0 Å². The Morgan fingerprint density at radius 3 is 2.41 bits per heavy atom. The fourth-order valence-corrected chi connectivity index (χ4v) is 2.23. The lowest BCUT2D eigenvalue weighted by Gasteiger charge is -2.19. The van der Waals surface area contributed by atoms with Gasteiger partial charge in [0.15, 0.2) is 0 Å². The molecule has 2 rings (SSSR count). The molecule has 0 aliphatic rings. The highest BCUT2D eigenvalue weighted by molar-refractivity contribution is 5.94. The number of amides is 2. The van der Waals surface area contributed by atoms with Gasteiger partial charge in [-0.1, -0.05) is 23.8 Å². The summed E-state index contributed by atoms with van der Waals surface area (Å²) in [5, 5.41) is 5.47. The molecule has 0 bridgehead atoms. The van der Waals surface area contributed by atoms with Gasteiger partial charge in [0.2, 0.25) is 0 Å². The molecule has 0 aromatic heterocycles. The molecule has 0 fully saturated rings. The Labute approximate surface area is 159 Å². The molecule has 0 radical (unpaired) electrons. The second-order valence-corrected chi connectivity index (χ2v) is 7.13. The van der Waals surface area contributed by atoms with Crippen LogP contribution in [0, 0.1) is 6.92 Å². The largest absolute Gasteiger partial charge is 0.492 e. The van der Waals surface area contributed by atoms with Gasteiger partial charge in [0, 0.05) is 17.3 Å². The first-order valence-corrected chi connectivity index (χ1v) is 8.81. The average molecular weight is 370 g/mol. The molecule has 27 heavy (non-hydrogen) atoms. The van der Waals surface area contributed by atoms with E-state index in [-0.39, 0.29) is 5.91 Å². The monoisotopic (exact) mass is 370 g/mol. The van der Waals surface area contributed by atoms with Crippen molar-refractivity contribution in [2.45, 2.75) is 33.3 Å². The first-order valence-electron chi connectivity index (χ1n) is 8.81. The highest BCUT2D eigenvalue weighted by atomic mass is 16.6. The molecule has 2 amide bonds. The van der Waals surface area contributed by atoms with Gasteiger partial charge in [-0.15, -0.1) is 0 Å². The Morgan fingerprint density at radius 1 is 1.04 bits per heavy atom. The van der Waals surface area contributed by atoms with E-state index in [1.165, 1.54) is 0 Å². The van der Waals surface area contributed by atoms with Crippen molar-refractivity contribution in [3.05, 3.63) is 59.7 Å². The molecular formula is C21H26N2O4. The predicted octanol–water partition coefficient (Wildman–Crippen LogP) is 4.15. The minimum Gasteiger partial charge on any atom is -0.492 e. The van der Waals surface area contributed by atoms with Gasteiger partial charge in [0.1, 0.15) is 18.0 Å². The summed E-state index contributed by atoms with van der Waals surface area (Å²) in [7, 11) is 0. The minimum atomic E-state index is -0.562. The fourth-order valence-electron chi connectivity index (χ4n) is 2.23. The van der Waals surface area contributed by atoms with Gasteiger partial charge in [-0.05, 0) is 52.0 Å². The summed E-state index contributed by atoms with van der Waals surface area (Å²) in [6, 6.07) is 14.4. The van der Waals surface area contributed by atoms with Crippen LogP contribution in [0.5, 0.6) is 5.75 Å². The number of nitrogens with one attached hydrogen (secondary N) is 2. The Kier molecular flexibility index (Phi) is 6.82. The van der Waals surface area contributed by atoms with E-state index in [1.54, 1.807) is 57.2 Å². The van der Waals surface area contributed by atoms with Crippen LogP contribution in [0.4, 0.5) is 10.5 Å². The molecule has 0 heterocycles. The summed E-state index contributed by atoms with van der Waals surface area (Å²) in [6.07, 6.45) is -0.523. The normalized spacial score (nSPS) is 10.8. The van der Waals surface area contributed by atoms with Gasteiger partial charge >= 0.3 is 6.09 Å². The van der Waals surface area contributed by atoms with Crippen molar-refractivity contribution in [2.75, 3.05) is 18.5 Å². The van der Waals surface area contributed by atoms with Crippen molar-refractivity contribution >= 4 is 17.7 Å². The zero-order chi connectivity index (χ0) is 19.9. The smallest absolute Gasteiger partial charge is 0.412 e. The van der Waals surface area contributed by atoms with Crippen molar-refractivity contribution in [3.63, 3.8) is 0 Å². The van der Waals surface area contributed by atoms with E-state index >= 15 is 0 Å². The molecule has 0 saturated heterocycles. The summed E-state index contributed by atoms with van der Waals surface area (Å²) < 4.78 is 10.8. The lowest BCUT2D eigenvalue weighted by Crippen LogP contribution is -2.28. The van der Waals surface area contributed by atoms with E-state index in [1.807, 2.05) is 19.1 Å². The number of ether oxygens (including phenoxy) is 2. The number of hydrogen-bond acceptors (Lipinski definition) is 4. The highest BCUT2D eigenvalue weighted by Crippen LogP contribution is 2.18. The molecule has 2 N–H and O–H groups in total. The van der Waals surface area contributed by atoms with E-state index < -0.39 is 11.7 Å². The predicted molar refractivity (Wildman–Crippen MR) is 105 cm³/mol. The first-order chi connectivity index (χ1) is 12.7. The molecule has 2 aromatic carbocycles. The standard InChI is InChI=1S/C21H26N2O4/c1-15-8-10-16(11-9-15)19(24)22-12-13-26-18-7-5-6-17(14-18)23-20(25)27-21(2,3)4/h5-11,14H,12-13H2,1-4H3,(H,22,24)(H,23,25). The molecule has 0 aliphatic heterocycles. The zero-order valence-electron chi connectivity index (χ0n) is 16.2. The van der Waals surface area contributed by atoms with Crippen molar-refractivity contribution in [3.8, 4) is 5.75 Å². The molecule has 6 heteroatoms. The molecule has 2 aromatic rings. The van der Waals surface area contributed by atoms with Crippen LogP contribution in [-0.4, -0.2) is 30.8 Å². The number of hydrogen-bond donors (Lipinski definition) is 2. The Morgan fingerprint density at radius 2 is 1.74 bits per heavy atom. The minimum absolute atomic E-state index is 0.140. The molecule has 0 unspecified atom stereocenters. The highest BCUT2D eigenvalue weighted by Gasteiger charge is 2.16. The summed E-state index contributed by atoms with van der Waals surface area (Å²) >= 11 is 0.